The molecular formula is C29H40BNO6. The molecule has 7 nitrogen and oxygen atoms in total. The molecule has 8 heteroatoms. The lowest BCUT2D eigenvalue weighted by molar-refractivity contribution is -0.205. The van der Waals surface area contributed by atoms with Gasteiger partial charge in [0, 0.05) is 28.9 Å². The summed E-state index contributed by atoms with van der Waals surface area (Å²) in [7, 11) is -0.957. The molecule has 0 unspecified atom stereocenters. The predicted octanol–water partition coefficient (Wildman–Crippen LogP) is 3.22. The summed E-state index contributed by atoms with van der Waals surface area (Å²) in [5.41, 5.74) is 0.836. The van der Waals surface area contributed by atoms with Crippen molar-refractivity contribution in [1.29, 1.82) is 0 Å². The van der Waals surface area contributed by atoms with E-state index >= 15 is 0 Å². The number of hydrogen-bond acceptors (Lipinski definition) is 7. The molecule has 1 aromatic carbocycles. The Morgan fingerprint density at radius 3 is 2.81 bits per heavy atom. The molecule has 0 amide bonds. The van der Waals surface area contributed by atoms with Crippen molar-refractivity contribution in [3.05, 3.63) is 36.4 Å². The van der Waals surface area contributed by atoms with Crippen molar-refractivity contribution in [3.8, 4) is 0 Å². The van der Waals surface area contributed by atoms with Gasteiger partial charge >= 0.3 is 13.1 Å². The quantitative estimate of drug-likeness (QED) is 0.318. The molecule has 1 heterocycles. The number of ketones is 1. The fourth-order valence-electron chi connectivity index (χ4n) is 8.20. The van der Waals surface area contributed by atoms with Gasteiger partial charge in [-0.2, -0.15) is 0 Å². The van der Waals surface area contributed by atoms with Gasteiger partial charge in [0.05, 0.1) is 12.7 Å². The SMILES string of the molecule is C=C[C@]1(C)C[C@@H](OC(=O)CNc2ccc3c(c2)B(O)OC3)[C@@]2(C)[C@@H]3C(=O)CC[C@@]3(CC[C@@H]2C)[C@@H](C)[C@@H]1O. The summed E-state index contributed by atoms with van der Waals surface area (Å²) >= 11 is 0. The van der Waals surface area contributed by atoms with Gasteiger partial charge in [0.2, 0.25) is 0 Å². The number of esters is 1. The molecule has 0 aromatic heterocycles. The zero-order valence-electron chi connectivity index (χ0n) is 22.5. The molecule has 0 spiro atoms. The van der Waals surface area contributed by atoms with Crippen molar-refractivity contribution < 1.29 is 29.1 Å². The van der Waals surface area contributed by atoms with Gasteiger partial charge in [-0.1, -0.05) is 39.8 Å². The Kier molecular flexibility index (Phi) is 6.61. The van der Waals surface area contributed by atoms with Crippen molar-refractivity contribution >= 4 is 30.0 Å². The van der Waals surface area contributed by atoms with Gasteiger partial charge in [0.15, 0.2) is 0 Å². The smallest absolute Gasteiger partial charge is 0.460 e. The van der Waals surface area contributed by atoms with Gasteiger partial charge < -0.3 is 24.8 Å². The van der Waals surface area contributed by atoms with Crippen molar-refractivity contribution in [2.24, 2.45) is 34.0 Å². The molecule has 1 aromatic rings. The average Bonchev–Trinajstić information content (AvgIpc) is 3.43. The normalized spacial score (nSPS) is 40.9. The fraction of sp³-hybridized carbons (Fsp3) is 0.655. The first-order chi connectivity index (χ1) is 17.5. The number of benzene rings is 1. The third kappa shape index (κ3) is 3.98. The Balaban J connectivity index is 1.43. The van der Waals surface area contributed by atoms with E-state index in [0.717, 1.165) is 24.8 Å². The van der Waals surface area contributed by atoms with Crippen LogP contribution in [-0.4, -0.2) is 47.8 Å². The summed E-state index contributed by atoms with van der Waals surface area (Å²) in [5.74, 6) is -0.281. The van der Waals surface area contributed by atoms with Gasteiger partial charge in [-0.05, 0) is 66.1 Å². The van der Waals surface area contributed by atoms with E-state index in [1.807, 2.05) is 25.1 Å². The largest absolute Gasteiger partial charge is 0.491 e. The van der Waals surface area contributed by atoms with E-state index in [-0.39, 0.29) is 35.5 Å². The maximum Gasteiger partial charge on any atom is 0.491 e. The van der Waals surface area contributed by atoms with Crippen LogP contribution in [-0.2, 0) is 25.6 Å². The number of carbonyl (C=O) groups is 2. The van der Waals surface area contributed by atoms with E-state index in [1.54, 1.807) is 6.07 Å². The Bertz CT molecular complexity index is 1110. The number of Topliss-reactive ketones (excluding diaryl/α,β-unsaturated/α-hetero) is 1. The zero-order valence-corrected chi connectivity index (χ0v) is 22.5. The minimum absolute atomic E-state index is 0.0514. The highest BCUT2D eigenvalue weighted by Crippen LogP contribution is 2.68. The first-order valence-electron chi connectivity index (χ1n) is 13.7. The summed E-state index contributed by atoms with van der Waals surface area (Å²) in [4.78, 5) is 26.8. The summed E-state index contributed by atoms with van der Waals surface area (Å²) in [6.07, 6.45) is 4.14. The molecule has 0 saturated heterocycles. The summed E-state index contributed by atoms with van der Waals surface area (Å²) < 4.78 is 11.5. The summed E-state index contributed by atoms with van der Waals surface area (Å²) in [6.45, 7) is 12.8. The van der Waals surface area contributed by atoms with Crippen molar-refractivity contribution in [2.45, 2.75) is 78.6 Å². The topological polar surface area (TPSA) is 105 Å². The van der Waals surface area contributed by atoms with Crippen LogP contribution in [0.25, 0.3) is 0 Å². The number of rotatable bonds is 5. The lowest BCUT2D eigenvalue weighted by atomic mass is 9.44. The third-order valence-corrected chi connectivity index (χ3v) is 10.8. The van der Waals surface area contributed by atoms with E-state index in [2.05, 4.69) is 32.7 Å². The van der Waals surface area contributed by atoms with E-state index < -0.39 is 36.1 Å². The van der Waals surface area contributed by atoms with Crippen LogP contribution in [0.2, 0.25) is 0 Å². The first kappa shape index (κ1) is 26.5. The second-order valence-corrected chi connectivity index (χ2v) is 12.5. The van der Waals surface area contributed by atoms with Crippen LogP contribution in [0.5, 0.6) is 0 Å². The molecule has 1 aliphatic heterocycles. The zero-order chi connectivity index (χ0) is 26.8. The van der Waals surface area contributed by atoms with Gasteiger partial charge in [-0.25, -0.2) is 0 Å². The minimum Gasteiger partial charge on any atom is -0.460 e. The third-order valence-electron chi connectivity index (χ3n) is 10.8. The molecule has 3 fully saturated rings. The monoisotopic (exact) mass is 509 g/mol. The molecular weight excluding hydrogens is 469 g/mol. The number of ether oxygens (including phenoxy) is 1. The Morgan fingerprint density at radius 1 is 1.32 bits per heavy atom. The molecule has 3 aliphatic carbocycles. The maximum absolute atomic E-state index is 13.5. The Morgan fingerprint density at radius 2 is 2.08 bits per heavy atom. The first-order valence-corrected chi connectivity index (χ1v) is 13.7. The van der Waals surface area contributed by atoms with E-state index in [4.69, 9.17) is 9.39 Å². The highest BCUT2D eigenvalue weighted by atomic mass is 16.5. The number of anilines is 1. The summed E-state index contributed by atoms with van der Waals surface area (Å²) in [5, 5.41) is 24.7. The Hall–Kier alpha value is -2.16. The van der Waals surface area contributed by atoms with Crippen LogP contribution >= 0.6 is 0 Å². The highest BCUT2D eigenvalue weighted by Gasteiger charge is 2.68. The van der Waals surface area contributed by atoms with Gasteiger partial charge in [-0.15, -0.1) is 6.58 Å². The van der Waals surface area contributed by atoms with Gasteiger partial charge in [0.25, 0.3) is 0 Å². The predicted molar refractivity (Wildman–Crippen MR) is 142 cm³/mol. The van der Waals surface area contributed by atoms with E-state index in [0.29, 0.717) is 30.6 Å². The number of fused-ring (bicyclic) bond motifs is 1. The Labute approximate surface area is 220 Å². The number of hydrogen-bond donors (Lipinski definition) is 3. The second kappa shape index (κ2) is 9.24. The average molecular weight is 509 g/mol. The lowest BCUT2D eigenvalue weighted by Gasteiger charge is -2.61. The second-order valence-electron chi connectivity index (χ2n) is 12.5. The van der Waals surface area contributed by atoms with Crippen molar-refractivity contribution in [1.82, 2.24) is 0 Å². The molecule has 0 radical (unpaired) electrons. The standard InChI is InChI=1S/C29H40BNO6/c1-6-27(4)14-23(37-24(33)15-31-20-8-7-19-16-36-30(35)21(19)13-20)28(5)17(2)9-11-29(18(3)26(27)34)12-10-22(32)25(28)29/h6-8,13,17-18,23,25-26,31,34-35H,1,9-12,14-16H2,2-5H3/t17-,18-,23+,25-,26-,27+,28-,29-/m0/s1. The molecule has 37 heavy (non-hydrogen) atoms. The molecule has 2 bridgehead atoms. The van der Waals surface area contributed by atoms with Crippen LogP contribution in [0.3, 0.4) is 0 Å². The van der Waals surface area contributed by atoms with Crippen LogP contribution in [0.1, 0.15) is 65.4 Å². The molecule has 200 valence electrons. The van der Waals surface area contributed by atoms with Crippen LogP contribution in [0.15, 0.2) is 30.9 Å². The molecule has 5 rings (SSSR count). The number of nitrogens with one attached hydrogen (secondary N) is 1. The number of aliphatic hydroxyl groups is 1. The fourth-order valence-corrected chi connectivity index (χ4v) is 8.20. The highest BCUT2D eigenvalue weighted by molar-refractivity contribution is 6.61. The molecule has 3 N–H and O–H groups in total. The maximum atomic E-state index is 13.5. The van der Waals surface area contributed by atoms with Crippen LogP contribution in [0, 0.1) is 34.0 Å². The van der Waals surface area contributed by atoms with Crippen molar-refractivity contribution in [2.75, 3.05) is 11.9 Å². The molecule has 3 saturated carbocycles. The van der Waals surface area contributed by atoms with Gasteiger partial charge in [-0.3, -0.25) is 9.59 Å². The van der Waals surface area contributed by atoms with Crippen molar-refractivity contribution in [3.63, 3.8) is 0 Å². The summed E-state index contributed by atoms with van der Waals surface area (Å²) in [6, 6.07) is 5.52. The van der Waals surface area contributed by atoms with Crippen LogP contribution in [0.4, 0.5) is 5.69 Å². The number of aliphatic hydroxyl groups excluding tert-OH is 1. The lowest BCUT2D eigenvalue weighted by Crippen LogP contribution is -2.63. The minimum atomic E-state index is -0.957. The van der Waals surface area contributed by atoms with Crippen LogP contribution < -0.4 is 10.8 Å². The van der Waals surface area contributed by atoms with E-state index in [1.165, 1.54) is 0 Å². The molecule has 8 atom stereocenters. The van der Waals surface area contributed by atoms with Gasteiger partial charge in [0.1, 0.15) is 18.4 Å². The number of carbonyl (C=O) groups excluding carboxylic acids is 2. The molecule has 4 aliphatic rings. The van der Waals surface area contributed by atoms with E-state index in [9.17, 15) is 19.7 Å².